The van der Waals surface area contributed by atoms with Crippen molar-refractivity contribution in [1.29, 1.82) is 0 Å². The third-order valence-corrected chi connectivity index (χ3v) is 2.77. The van der Waals surface area contributed by atoms with Crippen molar-refractivity contribution >= 4 is 11.6 Å². The third kappa shape index (κ3) is 3.55. The highest BCUT2D eigenvalue weighted by molar-refractivity contribution is 5.94. The molecule has 0 radical (unpaired) electrons. The van der Waals surface area contributed by atoms with Gasteiger partial charge in [0, 0.05) is 6.07 Å². The zero-order valence-corrected chi connectivity index (χ0v) is 11.4. The van der Waals surface area contributed by atoms with Crippen LogP contribution in [0.2, 0.25) is 0 Å². The number of halogens is 4. The minimum Gasteiger partial charge on any atom is -0.481 e. The van der Waals surface area contributed by atoms with Crippen LogP contribution in [0.3, 0.4) is 0 Å². The zero-order valence-electron chi connectivity index (χ0n) is 11.4. The first kappa shape index (κ1) is 15.8. The summed E-state index contributed by atoms with van der Waals surface area (Å²) >= 11 is 0. The molecule has 3 nitrogen and oxygen atoms in total. The highest BCUT2D eigenvalue weighted by atomic mass is 19.2. The summed E-state index contributed by atoms with van der Waals surface area (Å²) in [6, 6.07) is 6.68. The lowest BCUT2D eigenvalue weighted by Gasteiger charge is -2.15. The number of hydrogen-bond acceptors (Lipinski definition) is 2. The molecule has 0 aliphatic carbocycles. The summed E-state index contributed by atoms with van der Waals surface area (Å²) in [5.41, 5.74) is -0.515. The lowest BCUT2D eigenvalue weighted by atomic mass is 10.2. The van der Waals surface area contributed by atoms with Gasteiger partial charge in [0.25, 0.3) is 5.91 Å². The standard InChI is InChI=1S/C15H11F4NO2/c1-8(22-10-4-2-3-9(16)7-10)15(21)20-12-6-5-11(17)13(18)14(12)19/h2-8H,1H3,(H,20,21)/t8-/m1/s1. The third-order valence-electron chi connectivity index (χ3n) is 2.77. The lowest BCUT2D eigenvalue weighted by molar-refractivity contribution is -0.122. The molecule has 2 aromatic carbocycles. The van der Waals surface area contributed by atoms with E-state index in [2.05, 4.69) is 5.32 Å². The van der Waals surface area contributed by atoms with Gasteiger partial charge in [-0.25, -0.2) is 17.6 Å². The van der Waals surface area contributed by atoms with Crippen molar-refractivity contribution in [2.45, 2.75) is 13.0 Å². The predicted octanol–water partition coefficient (Wildman–Crippen LogP) is 3.65. The minimum atomic E-state index is -1.68. The molecule has 2 rings (SSSR count). The van der Waals surface area contributed by atoms with Crippen molar-refractivity contribution in [2.24, 2.45) is 0 Å². The van der Waals surface area contributed by atoms with Crippen molar-refractivity contribution in [3.8, 4) is 5.75 Å². The predicted molar refractivity (Wildman–Crippen MR) is 71.4 cm³/mol. The molecule has 1 amide bonds. The number of rotatable bonds is 4. The van der Waals surface area contributed by atoms with E-state index in [1.54, 1.807) is 0 Å². The smallest absolute Gasteiger partial charge is 0.265 e. The Morgan fingerprint density at radius 3 is 2.50 bits per heavy atom. The molecule has 2 aromatic rings. The molecular weight excluding hydrogens is 302 g/mol. The van der Waals surface area contributed by atoms with Gasteiger partial charge in [0.1, 0.15) is 11.6 Å². The summed E-state index contributed by atoms with van der Waals surface area (Å²) < 4.78 is 57.5. The van der Waals surface area contributed by atoms with Crippen LogP contribution < -0.4 is 10.1 Å². The Morgan fingerprint density at radius 1 is 1.09 bits per heavy atom. The topological polar surface area (TPSA) is 38.3 Å². The van der Waals surface area contributed by atoms with E-state index in [0.29, 0.717) is 6.07 Å². The number of amides is 1. The van der Waals surface area contributed by atoms with Crippen LogP contribution in [-0.2, 0) is 4.79 Å². The first-order valence-electron chi connectivity index (χ1n) is 6.25. The van der Waals surface area contributed by atoms with Gasteiger partial charge in [0.05, 0.1) is 5.69 Å². The highest BCUT2D eigenvalue weighted by Gasteiger charge is 2.19. The van der Waals surface area contributed by atoms with Crippen LogP contribution in [0.15, 0.2) is 36.4 Å². The number of carbonyl (C=O) groups excluding carboxylic acids is 1. The van der Waals surface area contributed by atoms with Crippen LogP contribution >= 0.6 is 0 Å². The lowest BCUT2D eigenvalue weighted by Crippen LogP contribution is -2.30. The number of carbonyl (C=O) groups is 1. The fourth-order valence-electron chi connectivity index (χ4n) is 1.65. The molecule has 1 atom stereocenters. The average Bonchev–Trinajstić information content (AvgIpc) is 2.47. The second-order valence-corrected chi connectivity index (χ2v) is 4.43. The summed E-state index contributed by atoms with van der Waals surface area (Å²) in [6.07, 6.45) is -1.10. The summed E-state index contributed by atoms with van der Waals surface area (Å²) in [4.78, 5) is 11.8. The van der Waals surface area contributed by atoms with Crippen LogP contribution in [0.25, 0.3) is 0 Å². The van der Waals surface area contributed by atoms with E-state index in [9.17, 15) is 22.4 Å². The van der Waals surface area contributed by atoms with E-state index in [1.165, 1.54) is 25.1 Å². The van der Waals surface area contributed by atoms with Gasteiger partial charge in [-0.15, -0.1) is 0 Å². The molecule has 7 heteroatoms. The summed E-state index contributed by atoms with van der Waals surface area (Å²) in [6.45, 7) is 1.35. The molecule has 0 unspecified atom stereocenters. The van der Waals surface area contributed by atoms with Gasteiger partial charge >= 0.3 is 0 Å². The van der Waals surface area contributed by atoms with Crippen molar-refractivity contribution in [2.75, 3.05) is 5.32 Å². The van der Waals surface area contributed by atoms with E-state index in [-0.39, 0.29) is 5.75 Å². The van der Waals surface area contributed by atoms with Crippen molar-refractivity contribution in [1.82, 2.24) is 0 Å². The number of ether oxygens (including phenoxy) is 1. The van der Waals surface area contributed by atoms with Gasteiger partial charge in [-0.05, 0) is 31.2 Å². The normalized spacial score (nSPS) is 11.9. The summed E-state index contributed by atoms with van der Waals surface area (Å²) in [5, 5.41) is 2.07. The highest BCUT2D eigenvalue weighted by Crippen LogP contribution is 2.20. The van der Waals surface area contributed by atoms with E-state index in [1.807, 2.05) is 0 Å². The maximum Gasteiger partial charge on any atom is 0.265 e. The van der Waals surface area contributed by atoms with Crippen LogP contribution in [0.5, 0.6) is 5.75 Å². The van der Waals surface area contributed by atoms with Crippen LogP contribution in [0.1, 0.15) is 6.92 Å². The SMILES string of the molecule is C[C@@H](Oc1cccc(F)c1)C(=O)Nc1ccc(F)c(F)c1F. The molecule has 0 heterocycles. The maximum atomic E-state index is 13.4. The molecule has 0 fully saturated rings. The fraction of sp³-hybridized carbons (Fsp3) is 0.133. The number of benzene rings is 2. The van der Waals surface area contributed by atoms with Crippen LogP contribution in [0.4, 0.5) is 23.2 Å². The molecule has 0 aromatic heterocycles. The summed E-state index contributed by atoms with van der Waals surface area (Å²) in [5.74, 6) is -5.79. The molecule has 0 aliphatic rings. The second-order valence-electron chi connectivity index (χ2n) is 4.43. The Balaban J connectivity index is 2.07. The Hall–Kier alpha value is -2.57. The molecule has 22 heavy (non-hydrogen) atoms. The molecular formula is C15H11F4NO2. The molecule has 0 saturated heterocycles. The maximum absolute atomic E-state index is 13.4. The first-order chi connectivity index (χ1) is 10.4. The van der Waals surface area contributed by atoms with E-state index >= 15 is 0 Å². The Labute approximate surface area is 123 Å². The molecule has 0 bridgehead atoms. The molecule has 0 saturated carbocycles. The molecule has 0 spiro atoms. The number of anilines is 1. The largest absolute Gasteiger partial charge is 0.481 e. The average molecular weight is 313 g/mol. The van der Waals surface area contributed by atoms with Gasteiger partial charge in [-0.3, -0.25) is 4.79 Å². The fourth-order valence-corrected chi connectivity index (χ4v) is 1.65. The van der Waals surface area contributed by atoms with E-state index < -0.39 is 41.0 Å². The molecule has 0 aliphatic heterocycles. The second kappa shape index (κ2) is 6.46. The van der Waals surface area contributed by atoms with E-state index in [4.69, 9.17) is 4.74 Å². The minimum absolute atomic E-state index is 0.105. The Morgan fingerprint density at radius 2 is 1.82 bits per heavy atom. The molecule has 1 N–H and O–H groups in total. The van der Waals surface area contributed by atoms with Crippen LogP contribution in [-0.4, -0.2) is 12.0 Å². The van der Waals surface area contributed by atoms with Gasteiger partial charge < -0.3 is 10.1 Å². The van der Waals surface area contributed by atoms with Gasteiger partial charge in [0.15, 0.2) is 23.6 Å². The van der Waals surface area contributed by atoms with Crippen molar-refractivity contribution in [3.05, 3.63) is 59.7 Å². The van der Waals surface area contributed by atoms with E-state index in [0.717, 1.165) is 12.1 Å². The van der Waals surface area contributed by atoms with Crippen molar-refractivity contribution in [3.63, 3.8) is 0 Å². The Bertz CT molecular complexity index is 706. The monoisotopic (exact) mass is 313 g/mol. The molecule has 116 valence electrons. The Kier molecular flexibility index (Phi) is 4.65. The quantitative estimate of drug-likeness (QED) is 0.691. The zero-order chi connectivity index (χ0) is 16.3. The van der Waals surface area contributed by atoms with Gasteiger partial charge in [-0.2, -0.15) is 0 Å². The number of hydrogen-bond donors (Lipinski definition) is 1. The summed E-state index contributed by atoms with van der Waals surface area (Å²) in [7, 11) is 0. The van der Waals surface area contributed by atoms with Crippen LogP contribution in [0, 0.1) is 23.3 Å². The number of nitrogens with one attached hydrogen (secondary N) is 1. The first-order valence-corrected chi connectivity index (χ1v) is 6.25. The van der Waals surface area contributed by atoms with Gasteiger partial charge in [0.2, 0.25) is 0 Å². The van der Waals surface area contributed by atoms with Gasteiger partial charge in [-0.1, -0.05) is 6.07 Å². The van der Waals surface area contributed by atoms with Crippen molar-refractivity contribution < 1.29 is 27.1 Å².